The number of anilines is 2. The quantitative estimate of drug-likeness (QED) is 0.527. The zero-order valence-corrected chi connectivity index (χ0v) is 11.2. The molecule has 0 radical (unpaired) electrons. The van der Waals surface area contributed by atoms with E-state index in [0.717, 1.165) is 0 Å². The lowest BCUT2D eigenvalue weighted by molar-refractivity contribution is 0.474. The van der Waals surface area contributed by atoms with Gasteiger partial charge in [0.15, 0.2) is 0 Å². The van der Waals surface area contributed by atoms with Crippen LogP contribution in [0.15, 0.2) is 40.6 Å². The third-order valence-corrected chi connectivity index (χ3v) is 2.85. The first-order valence-electron chi connectivity index (χ1n) is 6.16. The molecular formula is C13H11N7O2. The van der Waals surface area contributed by atoms with Gasteiger partial charge in [-0.25, -0.2) is 0 Å². The van der Waals surface area contributed by atoms with Gasteiger partial charge in [0.1, 0.15) is 17.2 Å². The summed E-state index contributed by atoms with van der Waals surface area (Å²) in [5, 5.41) is 28.5. The number of hydrogen-bond acceptors (Lipinski definition) is 9. The number of benzene rings is 2. The van der Waals surface area contributed by atoms with Gasteiger partial charge in [-0.15, -0.1) is 10.2 Å². The Morgan fingerprint density at radius 3 is 2.32 bits per heavy atom. The molecule has 0 saturated heterocycles. The van der Waals surface area contributed by atoms with Crippen LogP contribution < -0.4 is 11.5 Å². The molecule has 9 heteroatoms. The van der Waals surface area contributed by atoms with Crippen LogP contribution in [-0.2, 0) is 0 Å². The predicted molar refractivity (Wildman–Crippen MR) is 80.1 cm³/mol. The van der Waals surface area contributed by atoms with Gasteiger partial charge in [0.25, 0.3) is 5.95 Å². The van der Waals surface area contributed by atoms with Gasteiger partial charge in [0.2, 0.25) is 11.9 Å². The Morgan fingerprint density at radius 1 is 0.864 bits per heavy atom. The number of azo groups is 1. The molecule has 0 atom stereocenters. The van der Waals surface area contributed by atoms with Gasteiger partial charge < -0.3 is 21.7 Å². The van der Waals surface area contributed by atoms with E-state index in [4.69, 9.17) is 11.5 Å². The van der Waals surface area contributed by atoms with Crippen molar-refractivity contribution in [1.29, 1.82) is 0 Å². The minimum absolute atomic E-state index is 0.0693. The van der Waals surface area contributed by atoms with Crippen LogP contribution in [0.25, 0.3) is 10.8 Å². The molecule has 0 amide bonds. The number of nitrogens with zero attached hydrogens (tertiary/aromatic N) is 5. The van der Waals surface area contributed by atoms with Crippen molar-refractivity contribution in [2.75, 3.05) is 11.5 Å². The van der Waals surface area contributed by atoms with E-state index in [9.17, 15) is 10.2 Å². The second kappa shape index (κ2) is 5.13. The number of aromatic hydroxyl groups is 2. The highest BCUT2D eigenvalue weighted by Gasteiger charge is 2.08. The Kier molecular flexibility index (Phi) is 3.14. The molecule has 0 aliphatic rings. The largest absolute Gasteiger partial charge is 0.508 e. The van der Waals surface area contributed by atoms with E-state index in [1.165, 1.54) is 12.1 Å². The number of phenols is 2. The van der Waals surface area contributed by atoms with Crippen LogP contribution in [0, 0.1) is 0 Å². The maximum Gasteiger partial charge on any atom is 0.275 e. The maximum atomic E-state index is 9.95. The van der Waals surface area contributed by atoms with Crippen LogP contribution in [0.2, 0.25) is 0 Å². The topological polar surface area (TPSA) is 156 Å². The van der Waals surface area contributed by atoms with Crippen molar-refractivity contribution in [2.24, 2.45) is 10.2 Å². The summed E-state index contributed by atoms with van der Waals surface area (Å²) in [6, 6.07) is 7.76. The minimum atomic E-state index is -0.0755. The molecule has 0 aliphatic heterocycles. The van der Waals surface area contributed by atoms with E-state index >= 15 is 0 Å². The molecule has 3 rings (SSSR count). The molecule has 0 saturated carbocycles. The molecule has 2 aromatic carbocycles. The fourth-order valence-corrected chi connectivity index (χ4v) is 1.93. The number of nitrogens with two attached hydrogens (primary N) is 2. The van der Waals surface area contributed by atoms with E-state index in [1.54, 1.807) is 18.2 Å². The first-order chi connectivity index (χ1) is 10.5. The Hall–Kier alpha value is -3.49. The fraction of sp³-hybridized carbons (Fsp3) is 0. The van der Waals surface area contributed by atoms with Gasteiger partial charge >= 0.3 is 0 Å². The van der Waals surface area contributed by atoms with Crippen LogP contribution in [0.3, 0.4) is 0 Å². The third kappa shape index (κ3) is 2.54. The lowest BCUT2D eigenvalue weighted by Gasteiger charge is -2.04. The summed E-state index contributed by atoms with van der Waals surface area (Å²) in [5.74, 6) is -0.182. The molecular weight excluding hydrogens is 286 g/mol. The van der Waals surface area contributed by atoms with E-state index in [0.29, 0.717) is 10.8 Å². The summed E-state index contributed by atoms with van der Waals surface area (Å²) in [7, 11) is 0. The van der Waals surface area contributed by atoms with Gasteiger partial charge in [-0.3, -0.25) is 0 Å². The van der Waals surface area contributed by atoms with Crippen molar-refractivity contribution in [1.82, 2.24) is 15.0 Å². The molecule has 22 heavy (non-hydrogen) atoms. The average Bonchev–Trinajstić information content (AvgIpc) is 2.45. The highest BCUT2D eigenvalue weighted by Crippen LogP contribution is 2.37. The molecule has 3 aromatic rings. The van der Waals surface area contributed by atoms with Crippen molar-refractivity contribution in [3.8, 4) is 11.5 Å². The zero-order valence-electron chi connectivity index (χ0n) is 11.2. The summed E-state index contributed by atoms with van der Waals surface area (Å²) < 4.78 is 0. The Morgan fingerprint density at radius 2 is 1.59 bits per heavy atom. The van der Waals surface area contributed by atoms with Crippen molar-refractivity contribution in [3.05, 3.63) is 30.3 Å². The molecule has 0 spiro atoms. The van der Waals surface area contributed by atoms with Crippen molar-refractivity contribution in [2.45, 2.75) is 0 Å². The summed E-state index contributed by atoms with van der Waals surface area (Å²) in [6.07, 6.45) is 0. The molecule has 6 N–H and O–H groups in total. The predicted octanol–water partition coefficient (Wildman–Crippen LogP) is 2.02. The van der Waals surface area contributed by atoms with E-state index in [1.807, 2.05) is 0 Å². The first kappa shape index (κ1) is 13.5. The molecule has 9 nitrogen and oxygen atoms in total. The smallest absolute Gasteiger partial charge is 0.275 e. The van der Waals surface area contributed by atoms with Crippen molar-refractivity contribution in [3.63, 3.8) is 0 Å². The Balaban J connectivity index is 2.09. The average molecular weight is 297 g/mol. The molecule has 1 aromatic heterocycles. The Bertz CT molecular complexity index is 875. The number of nitrogen functional groups attached to an aromatic ring is 2. The summed E-state index contributed by atoms with van der Waals surface area (Å²) >= 11 is 0. The van der Waals surface area contributed by atoms with Crippen LogP contribution in [0.1, 0.15) is 0 Å². The number of aromatic nitrogens is 3. The summed E-state index contributed by atoms with van der Waals surface area (Å²) in [5.41, 5.74) is 11.1. The number of hydrogen-bond donors (Lipinski definition) is 4. The number of fused-ring (bicyclic) bond motifs is 1. The van der Waals surface area contributed by atoms with Crippen molar-refractivity contribution >= 4 is 34.3 Å². The van der Waals surface area contributed by atoms with Crippen LogP contribution in [-0.4, -0.2) is 25.2 Å². The van der Waals surface area contributed by atoms with Crippen LogP contribution in [0.4, 0.5) is 23.5 Å². The van der Waals surface area contributed by atoms with Gasteiger partial charge in [-0.05, 0) is 29.7 Å². The number of phenolic OH excluding ortho intramolecular Hbond substituents is 2. The van der Waals surface area contributed by atoms with E-state index in [-0.39, 0.29) is 35.0 Å². The maximum absolute atomic E-state index is 9.95. The van der Waals surface area contributed by atoms with Gasteiger partial charge in [0, 0.05) is 5.39 Å². The normalized spacial score (nSPS) is 11.3. The molecule has 0 bridgehead atoms. The minimum Gasteiger partial charge on any atom is -0.508 e. The summed E-state index contributed by atoms with van der Waals surface area (Å²) in [4.78, 5) is 11.2. The second-order valence-electron chi connectivity index (χ2n) is 4.39. The zero-order chi connectivity index (χ0) is 15.7. The van der Waals surface area contributed by atoms with Gasteiger partial charge in [0.05, 0.1) is 0 Å². The summed E-state index contributed by atoms with van der Waals surface area (Å²) in [6.45, 7) is 0. The van der Waals surface area contributed by atoms with Gasteiger partial charge in [-0.1, -0.05) is 6.07 Å². The SMILES string of the molecule is Nc1nc(N)nc(N=Nc2c(O)ccc3cc(O)ccc23)n1. The fourth-order valence-electron chi connectivity index (χ4n) is 1.93. The third-order valence-electron chi connectivity index (χ3n) is 2.85. The molecule has 0 fully saturated rings. The van der Waals surface area contributed by atoms with Gasteiger partial charge in [-0.2, -0.15) is 15.0 Å². The first-order valence-corrected chi connectivity index (χ1v) is 6.16. The van der Waals surface area contributed by atoms with Crippen molar-refractivity contribution < 1.29 is 10.2 Å². The standard InChI is InChI=1S/C13H11N7O2/c14-11-16-12(15)18-13(17-11)20-19-10-8-3-2-7(21)5-6(8)1-4-9(10)22/h1-5,21-22H,(H4,14,15,16,17,18). The highest BCUT2D eigenvalue weighted by molar-refractivity contribution is 5.95. The van der Waals surface area contributed by atoms with Crippen LogP contribution >= 0.6 is 0 Å². The lowest BCUT2D eigenvalue weighted by atomic mass is 10.1. The second-order valence-corrected chi connectivity index (χ2v) is 4.39. The molecule has 0 aliphatic carbocycles. The monoisotopic (exact) mass is 297 g/mol. The highest BCUT2D eigenvalue weighted by atomic mass is 16.3. The van der Waals surface area contributed by atoms with Crippen LogP contribution in [0.5, 0.6) is 11.5 Å². The molecule has 0 unspecified atom stereocenters. The molecule has 110 valence electrons. The van der Waals surface area contributed by atoms with E-state index < -0.39 is 0 Å². The lowest BCUT2D eigenvalue weighted by Crippen LogP contribution is -2.01. The molecule has 1 heterocycles. The van der Waals surface area contributed by atoms with E-state index in [2.05, 4.69) is 25.2 Å². The number of rotatable bonds is 2. The Labute approximate surface area is 124 Å².